The monoisotopic (exact) mass is 387 g/mol. The molecule has 1 amide bonds. The fourth-order valence-electron chi connectivity index (χ4n) is 2.20. The highest BCUT2D eigenvalue weighted by Gasteiger charge is 2.43. The average Bonchev–Trinajstić information content (AvgIpc) is 2.73. The first-order valence-corrected chi connectivity index (χ1v) is 7.70. The molecule has 1 fully saturated rings. The fraction of sp³-hybridized carbons (Fsp3) is 0.400. The number of benzene rings is 1. The van der Waals surface area contributed by atoms with Gasteiger partial charge >= 0.3 is 6.09 Å². The summed E-state index contributed by atoms with van der Waals surface area (Å²) >= 11 is 2.14. The maximum absolute atomic E-state index is 12.3. The molecule has 1 aromatic rings. The quantitative estimate of drug-likeness (QED) is 0.743. The largest absolute Gasteiger partial charge is 0.444 e. The first kappa shape index (κ1) is 15.3. The molecule has 20 heavy (non-hydrogen) atoms. The van der Waals surface area contributed by atoms with E-state index in [2.05, 4.69) is 22.6 Å². The third-order valence-corrected chi connectivity index (χ3v) is 3.63. The zero-order valence-corrected chi connectivity index (χ0v) is 13.7. The zero-order valence-electron chi connectivity index (χ0n) is 11.6. The number of nitrogens with zero attached hydrogens (tertiary/aromatic N) is 1. The lowest BCUT2D eigenvalue weighted by Gasteiger charge is -2.31. The van der Waals surface area contributed by atoms with E-state index in [-0.39, 0.29) is 18.7 Å². The van der Waals surface area contributed by atoms with Gasteiger partial charge in [-0.2, -0.15) is 0 Å². The standard InChI is InChI=1S/C15H18INO3/c1-15(2)17(13(8-9-16)11-20-15)14(18)19-10-12-6-4-3-5-7-12/h3-9,13H,10-11H2,1-2H3/b9-8+/t13-/m1/s1. The van der Waals surface area contributed by atoms with Crippen molar-refractivity contribution in [3.8, 4) is 0 Å². The molecule has 0 bridgehead atoms. The molecule has 1 aliphatic rings. The number of rotatable bonds is 3. The van der Waals surface area contributed by atoms with E-state index >= 15 is 0 Å². The summed E-state index contributed by atoms with van der Waals surface area (Å²) in [4.78, 5) is 14.0. The van der Waals surface area contributed by atoms with E-state index in [1.165, 1.54) is 0 Å². The van der Waals surface area contributed by atoms with Crippen molar-refractivity contribution >= 4 is 28.7 Å². The van der Waals surface area contributed by atoms with Gasteiger partial charge < -0.3 is 9.47 Å². The van der Waals surface area contributed by atoms with Gasteiger partial charge in [0, 0.05) is 0 Å². The highest BCUT2D eigenvalue weighted by molar-refractivity contribution is 14.1. The second kappa shape index (κ2) is 6.58. The third-order valence-electron chi connectivity index (χ3n) is 3.22. The molecule has 0 aromatic heterocycles. The molecule has 0 spiro atoms. The predicted octanol–water partition coefficient (Wildman–Crippen LogP) is 3.71. The molecule has 0 aliphatic carbocycles. The van der Waals surface area contributed by atoms with Gasteiger partial charge in [-0.15, -0.1) is 0 Å². The van der Waals surface area contributed by atoms with Crippen molar-refractivity contribution in [3.05, 3.63) is 46.1 Å². The van der Waals surface area contributed by atoms with Gasteiger partial charge in [0.2, 0.25) is 0 Å². The number of hydrogen-bond acceptors (Lipinski definition) is 3. The molecular formula is C15H18INO3. The lowest BCUT2D eigenvalue weighted by atomic mass is 10.2. The Morgan fingerprint density at radius 2 is 2.20 bits per heavy atom. The highest BCUT2D eigenvalue weighted by atomic mass is 127. The molecular weight excluding hydrogens is 369 g/mol. The van der Waals surface area contributed by atoms with Gasteiger partial charge in [0.1, 0.15) is 12.3 Å². The second-order valence-electron chi connectivity index (χ2n) is 5.05. The summed E-state index contributed by atoms with van der Waals surface area (Å²) in [6.07, 6.45) is 1.59. The second-order valence-corrected chi connectivity index (χ2v) is 5.77. The number of halogens is 1. The molecule has 0 radical (unpaired) electrons. The Kier molecular flexibility index (Phi) is 5.04. The van der Waals surface area contributed by atoms with Crippen molar-refractivity contribution in [2.75, 3.05) is 6.61 Å². The summed E-state index contributed by atoms with van der Waals surface area (Å²) in [6, 6.07) is 9.57. The maximum Gasteiger partial charge on any atom is 0.412 e. The van der Waals surface area contributed by atoms with Crippen LogP contribution in [0.15, 0.2) is 40.5 Å². The predicted molar refractivity (Wildman–Crippen MR) is 85.4 cm³/mol. The third kappa shape index (κ3) is 3.52. The summed E-state index contributed by atoms with van der Waals surface area (Å²) in [6.45, 7) is 4.51. The molecule has 1 atom stereocenters. The van der Waals surface area contributed by atoms with Gasteiger partial charge in [-0.3, -0.25) is 4.90 Å². The van der Waals surface area contributed by atoms with E-state index in [1.807, 2.05) is 54.3 Å². The molecule has 1 aliphatic heterocycles. The molecule has 0 N–H and O–H groups in total. The minimum absolute atomic E-state index is 0.0785. The Hall–Kier alpha value is -1.08. The highest BCUT2D eigenvalue weighted by Crippen LogP contribution is 2.29. The first-order valence-electron chi connectivity index (χ1n) is 6.45. The lowest BCUT2D eigenvalue weighted by molar-refractivity contribution is -0.0479. The molecule has 1 aromatic carbocycles. The van der Waals surface area contributed by atoms with Crippen molar-refractivity contribution in [3.63, 3.8) is 0 Å². The minimum Gasteiger partial charge on any atom is -0.444 e. The van der Waals surface area contributed by atoms with E-state index in [1.54, 1.807) is 4.90 Å². The van der Waals surface area contributed by atoms with Crippen molar-refractivity contribution in [1.29, 1.82) is 0 Å². The molecule has 108 valence electrons. The maximum atomic E-state index is 12.3. The summed E-state index contributed by atoms with van der Waals surface area (Å²) in [5.74, 6) is 0. The normalized spacial score (nSPS) is 21.4. The van der Waals surface area contributed by atoms with Gasteiger partial charge in [0.25, 0.3) is 0 Å². The molecule has 4 nitrogen and oxygen atoms in total. The topological polar surface area (TPSA) is 38.8 Å². The van der Waals surface area contributed by atoms with Crippen LogP contribution >= 0.6 is 22.6 Å². The Labute approximate surface area is 132 Å². The van der Waals surface area contributed by atoms with Gasteiger partial charge in [0.15, 0.2) is 0 Å². The van der Waals surface area contributed by atoms with Gasteiger partial charge in [0.05, 0.1) is 12.6 Å². The molecule has 5 heteroatoms. The smallest absolute Gasteiger partial charge is 0.412 e. The summed E-state index contributed by atoms with van der Waals surface area (Å²) < 4.78 is 13.0. The van der Waals surface area contributed by atoms with Gasteiger partial charge in [-0.05, 0) is 23.5 Å². The summed E-state index contributed by atoms with van der Waals surface area (Å²) in [7, 11) is 0. The van der Waals surface area contributed by atoms with E-state index in [4.69, 9.17) is 9.47 Å². The number of carbonyl (C=O) groups excluding carboxylic acids is 1. The van der Waals surface area contributed by atoms with E-state index < -0.39 is 5.72 Å². The molecule has 2 rings (SSSR count). The van der Waals surface area contributed by atoms with Crippen molar-refractivity contribution in [2.45, 2.75) is 32.2 Å². The van der Waals surface area contributed by atoms with Crippen molar-refractivity contribution in [2.24, 2.45) is 0 Å². The Bertz CT molecular complexity index is 487. The Morgan fingerprint density at radius 1 is 1.50 bits per heavy atom. The fourth-order valence-corrected chi connectivity index (χ4v) is 2.68. The van der Waals surface area contributed by atoms with E-state index in [0.29, 0.717) is 6.61 Å². The van der Waals surface area contributed by atoms with Crippen LogP contribution in [-0.2, 0) is 16.1 Å². The van der Waals surface area contributed by atoms with Gasteiger partial charge in [-0.25, -0.2) is 4.79 Å². The van der Waals surface area contributed by atoms with Crippen LogP contribution in [0.5, 0.6) is 0 Å². The van der Waals surface area contributed by atoms with E-state index in [0.717, 1.165) is 5.56 Å². The Morgan fingerprint density at radius 3 is 2.85 bits per heavy atom. The first-order chi connectivity index (χ1) is 9.54. The zero-order chi connectivity index (χ0) is 14.6. The van der Waals surface area contributed by atoms with Crippen molar-refractivity contribution < 1.29 is 14.3 Å². The minimum atomic E-state index is -0.644. The average molecular weight is 387 g/mol. The van der Waals surface area contributed by atoms with Crippen LogP contribution in [0.2, 0.25) is 0 Å². The van der Waals surface area contributed by atoms with E-state index in [9.17, 15) is 4.79 Å². The van der Waals surface area contributed by atoms with Crippen molar-refractivity contribution in [1.82, 2.24) is 4.90 Å². The molecule has 1 saturated heterocycles. The van der Waals surface area contributed by atoms with Crippen LogP contribution in [0.1, 0.15) is 19.4 Å². The summed E-state index contributed by atoms with van der Waals surface area (Å²) in [5.41, 5.74) is 0.328. The van der Waals surface area contributed by atoms with Crippen LogP contribution in [0.4, 0.5) is 4.79 Å². The number of amides is 1. The Balaban J connectivity index is 2.02. The number of hydrogen-bond donors (Lipinski definition) is 0. The molecule has 0 saturated carbocycles. The number of ether oxygens (including phenoxy) is 2. The molecule has 0 unspecified atom stereocenters. The molecule has 1 heterocycles. The van der Waals surface area contributed by atoms with Crippen LogP contribution in [-0.4, -0.2) is 29.4 Å². The van der Waals surface area contributed by atoms with Crippen LogP contribution in [0, 0.1) is 0 Å². The SMILES string of the molecule is CC1(C)OC[C@@H](/C=C/I)N1C(=O)OCc1ccccc1. The van der Waals surface area contributed by atoms with Crippen LogP contribution in [0.25, 0.3) is 0 Å². The van der Waals surface area contributed by atoms with Crippen LogP contribution in [0.3, 0.4) is 0 Å². The van der Waals surface area contributed by atoms with Crippen LogP contribution < -0.4 is 0 Å². The van der Waals surface area contributed by atoms with Gasteiger partial charge in [-0.1, -0.05) is 59.0 Å². The number of carbonyl (C=O) groups is 1. The lowest BCUT2D eigenvalue weighted by Crippen LogP contribution is -2.47. The summed E-state index contributed by atoms with van der Waals surface area (Å²) in [5, 5.41) is 0.